The van der Waals surface area contributed by atoms with Crippen LogP contribution in [0.1, 0.15) is 44.3 Å². The van der Waals surface area contributed by atoms with E-state index in [1.807, 2.05) is 6.07 Å². The maximum atomic E-state index is 10.4. The van der Waals surface area contributed by atoms with Crippen molar-refractivity contribution in [2.24, 2.45) is 0 Å². The number of pyridine rings is 1. The average Bonchev–Trinajstić information content (AvgIpc) is 3.09. The maximum Gasteiger partial charge on any atom is 0.204 e. The molecule has 1 fully saturated rings. The first-order valence-corrected chi connectivity index (χ1v) is 9.80. The zero-order valence-electron chi connectivity index (χ0n) is 14.9. The van der Waals surface area contributed by atoms with Gasteiger partial charge in [-0.15, -0.1) is 0 Å². The van der Waals surface area contributed by atoms with Crippen LogP contribution in [0.5, 0.6) is 0 Å². The Morgan fingerprint density at radius 3 is 2.92 bits per heavy atom. The fourth-order valence-electron chi connectivity index (χ4n) is 3.60. The van der Waals surface area contributed by atoms with E-state index in [0.29, 0.717) is 24.1 Å². The molecule has 1 aliphatic rings. The van der Waals surface area contributed by atoms with Crippen LogP contribution in [0, 0.1) is 11.3 Å². The molecule has 0 aliphatic heterocycles. The van der Waals surface area contributed by atoms with Crippen LogP contribution in [-0.4, -0.2) is 41.8 Å². The third-order valence-electron chi connectivity index (χ3n) is 5.12. The van der Waals surface area contributed by atoms with E-state index in [9.17, 15) is 4.79 Å². The largest absolute Gasteiger partial charge is 0.444 e. The number of aromatic nitrogens is 1. The Bertz CT molecular complexity index is 806. The number of carbonyl (C=O) groups excluding carboxylic acids is 1. The van der Waals surface area contributed by atoms with Crippen LogP contribution < -0.4 is 5.32 Å². The second kappa shape index (κ2) is 8.65. The van der Waals surface area contributed by atoms with Crippen LogP contribution >= 0.6 is 15.9 Å². The van der Waals surface area contributed by atoms with Crippen molar-refractivity contribution in [3.8, 4) is 6.07 Å². The first kappa shape index (κ1) is 18.9. The summed E-state index contributed by atoms with van der Waals surface area (Å²) in [6.45, 7) is 0.979. The quantitative estimate of drug-likeness (QED) is 0.538. The van der Waals surface area contributed by atoms with Gasteiger partial charge in [-0.2, -0.15) is 5.26 Å². The molecule has 0 aromatic carbocycles. The monoisotopic (exact) mass is 418 g/mol. The summed E-state index contributed by atoms with van der Waals surface area (Å²) in [6.07, 6.45) is 8.69. The number of fused-ring (bicyclic) bond motifs is 1. The van der Waals surface area contributed by atoms with Crippen molar-refractivity contribution in [1.29, 1.82) is 5.26 Å². The molecule has 0 unspecified atom stereocenters. The summed E-state index contributed by atoms with van der Waals surface area (Å²) < 4.78 is 6.26. The van der Waals surface area contributed by atoms with E-state index in [0.717, 1.165) is 60.6 Å². The van der Waals surface area contributed by atoms with E-state index in [1.54, 1.807) is 12.3 Å². The molecule has 0 amide bonds. The Balaban J connectivity index is 1.58. The number of rotatable bonds is 7. The van der Waals surface area contributed by atoms with Gasteiger partial charge in [-0.3, -0.25) is 0 Å². The zero-order chi connectivity index (χ0) is 18.5. The number of nitrogens with one attached hydrogen (secondary N) is 1. The molecule has 7 heteroatoms. The van der Waals surface area contributed by atoms with Gasteiger partial charge in [-0.05, 0) is 61.6 Å². The molecule has 2 aromatic heterocycles. The molecular weight excluding hydrogens is 396 g/mol. The van der Waals surface area contributed by atoms with E-state index in [2.05, 4.69) is 38.2 Å². The number of unbranched alkanes of at least 4 members (excludes halogenated alkanes) is 1. The van der Waals surface area contributed by atoms with Crippen molar-refractivity contribution < 1.29 is 9.21 Å². The summed E-state index contributed by atoms with van der Waals surface area (Å²) in [6, 6.07) is 4.73. The van der Waals surface area contributed by atoms with Crippen LogP contribution in [0.2, 0.25) is 0 Å². The van der Waals surface area contributed by atoms with Gasteiger partial charge >= 0.3 is 0 Å². The molecule has 138 valence electrons. The molecule has 2 aromatic rings. The second-order valence-electron chi connectivity index (χ2n) is 6.86. The molecule has 2 heterocycles. The molecule has 0 bridgehead atoms. The van der Waals surface area contributed by atoms with Gasteiger partial charge in [0.2, 0.25) is 5.76 Å². The first-order chi connectivity index (χ1) is 12.6. The van der Waals surface area contributed by atoms with Gasteiger partial charge < -0.3 is 19.4 Å². The standard InChI is InChI=1S/C19H23BrN4O2/c1-24(8-2-3-9-25)14-6-4-13(5-7-14)23-19-18(20)16-10-15(11-21)26-17(16)12-22-19/h9-10,12-14H,2-8H2,1H3,(H,22,23). The van der Waals surface area contributed by atoms with Crippen molar-refractivity contribution in [3.05, 3.63) is 22.5 Å². The number of nitrogens with zero attached hydrogens (tertiary/aromatic N) is 3. The van der Waals surface area contributed by atoms with Crippen molar-refractivity contribution >= 4 is 39.0 Å². The fourth-order valence-corrected chi connectivity index (χ4v) is 4.12. The molecule has 0 radical (unpaired) electrons. The number of nitriles is 1. The maximum absolute atomic E-state index is 10.4. The number of carbonyl (C=O) groups is 1. The fraction of sp³-hybridized carbons (Fsp3) is 0.526. The summed E-state index contributed by atoms with van der Waals surface area (Å²) in [7, 11) is 2.15. The number of furan rings is 1. The van der Waals surface area contributed by atoms with E-state index < -0.39 is 0 Å². The molecule has 1 aliphatic carbocycles. The highest BCUT2D eigenvalue weighted by atomic mass is 79.9. The molecule has 0 atom stereocenters. The zero-order valence-corrected chi connectivity index (χ0v) is 16.5. The van der Waals surface area contributed by atoms with Crippen LogP contribution in [0.4, 0.5) is 5.82 Å². The summed E-state index contributed by atoms with van der Waals surface area (Å²) in [5.41, 5.74) is 0.611. The molecule has 1 saturated carbocycles. The molecule has 1 N–H and O–H groups in total. The lowest BCUT2D eigenvalue weighted by Gasteiger charge is -2.35. The van der Waals surface area contributed by atoms with Gasteiger partial charge in [-0.1, -0.05) is 0 Å². The Morgan fingerprint density at radius 1 is 1.46 bits per heavy atom. The molecular formula is C19H23BrN4O2. The summed E-state index contributed by atoms with van der Waals surface area (Å²) in [4.78, 5) is 17.3. The molecule has 0 spiro atoms. The lowest BCUT2D eigenvalue weighted by atomic mass is 9.90. The second-order valence-corrected chi connectivity index (χ2v) is 7.65. The summed E-state index contributed by atoms with van der Waals surface area (Å²) >= 11 is 3.59. The number of aldehydes is 1. The Kier molecular flexibility index (Phi) is 6.28. The molecule has 6 nitrogen and oxygen atoms in total. The number of halogens is 1. The third-order valence-corrected chi connectivity index (χ3v) is 5.92. The predicted octanol–water partition coefficient (Wildman–Crippen LogP) is 4.10. The Hall–Kier alpha value is -1.91. The number of anilines is 1. The highest BCUT2D eigenvalue weighted by Gasteiger charge is 2.24. The normalized spacial score (nSPS) is 20.2. The number of hydrogen-bond acceptors (Lipinski definition) is 6. The van der Waals surface area contributed by atoms with E-state index in [1.165, 1.54) is 0 Å². The third kappa shape index (κ3) is 4.25. The minimum atomic E-state index is 0.290. The van der Waals surface area contributed by atoms with Gasteiger partial charge in [0.25, 0.3) is 0 Å². The van der Waals surface area contributed by atoms with Gasteiger partial charge in [0.15, 0.2) is 5.58 Å². The molecule has 3 rings (SSSR count). The van der Waals surface area contributed by atoms with E-state index in [-0.39, 0.29) is 5.76 Å². The first-order valence-electron chi connectivity index (χ1n) is 9.01. The molecule has 26 heavy (non-hydrogen) atoms. The summed E-state index contributed by atoms with van der Waals surface area (Å²) in [5, 5.41) is 13.4. The van der Waals surface area contributed by atoms with Crippen LogP contribution in [0.15, 0.2) is 21.2 Å². The lowest BCUT2D eigenvalue weighted by Crippen LogP contribution is -2.38. The highest BCUT2D eigenvalue weighted by molar-refractivity contribution is 9.10. The minimum absolute atomic E-state index is 0.290. The van der Waals surface area contributed by atoms with Gasteiger partial charge in [0, 0.05) is 30.0 Å². The topological polar surface area (TPSA) is 82.2 Å². The van der Waals surface area contributed by atoms with Crippen molar-refractivity contribution in [1.82, 2.24) is 9.88 Å². The van der Waals surface area contributed by atoms with Crippen molar-refractivity contribution in [2.45, 2.75) is 50.6 Å². The predicted molar refractivity (Wildman–Crippen MR) is 104 cm³/mol. The van der Waals surface area contributed by atoms with Gasteiger partial charge in [-0.25, -0.2) is 4.98 Å². The minimum Gasteiger partial charge on any atom is -0.444 e. The highest BCUT2D eigenvalue weighted by Crippen LogP contribution is 2.33. The number of hydrogen-bond donors (Lipinski definition) is 1. The van der Waals surface area contributed by atoms with Crippen molar-refractivity contribution in [2.75, 3.05) is 18.9 Å². The van der Waals surface area contributed by atoms with E-state index in [4.69, 9.17) is 9.68 Å². The average molecular weight is 419 g/mol. The van der Waals surface area contributed by atoms with Crippen LogP contribution in [0.25, 0.3) is 11.0 Å². The van der Waals surface area contributed by atoms with Gasteiger partial charge in [0.05, 0.1) is 10.7 Å². The van der Waals surface area contributed by atoms with Crippen molar-refractivity contribution in [3.63, 3.8) is 0 Å². The SMILES string of the molecule is CN(CCCC=O)C1CCC(Nc2ncc3oc(C#N)cc3c2Br)CC1. The molecule has 0 saturated heterocycles. The Labute approximate surface area is 161 Å². The lowest BCUT2D eigenvalue weighted by molar-refractivity contribution is -0.108. The van der Waals surface area contributed by atoms with Gasteiger partial charge in [0.1, 0.15) is 18.2 Å². The Morgan fingerprint density at radius 2 is 2.23 bits per heavy atom. The smallest absolute Gasteiger partial charge is 0.204 e. The van der Waals surface area contributed by atoms with Crippen LogP contribution in [0.3, 0.4) is 0 Å². The van der Waals surface area contributed by atoms with Crippen LogP contribution in [-0.2, 0) is 4.79 Å². The summed E-state index contributed by atoms with van der Waals surface area (Å²) in [5.74, 6) is 1.09. The van der Waals surface area contributed by atoms with E-state index >= 15 is 0 Å².